The Balaban J connectivity index is 0.000000480. The van der Waals surface area contributed by atoms with Crippen molar-refractivity contribution in [2.24, 2.45) is 23.0 Å². The highest BCUT2D eigenvalue weighted by Crippen LogP contribution is 2.70. The minimum absolute atomic E-state index is 0. The molecule has 3 aliphatic carbocycles. The van der Waals surface area contributed by atoms with E-state index in [9.17, 15) is 0 Å². The molecule has 2 heteroatoms. The molecule has 64 valence electrons. The lowest BCUT2D eigenvalue weighted by molar-refractivity contribution is 0.366. The monoisotopic (exact) mass is 173 g/mol. The van der Waals surface area contributed by atoms with Gasteiger partial charge in [0.1, 0.15) is 0 Å². The Bertz CT molecular complexity index is 176. The average Bonchev–Trinajstić information content (AvgIpc) is 2.55. The second-order valence-corrected chi connectivity index (χ2v) is 4.51. The molecular weight excluding hydrogens is 158 g/mol. The zero-order valence-corrected chi connectivity index (χ0v) is 7.57. The first-order valence-electron chi connectivity index (χ1n) is 4.58. The van der Waals surface area contributed by atoms with Crippen molar-refractivity contribution in [3.05, 3.63) is 0 Å². The van der Waals surface area contributed by atoms with Gasteiger partial charge < -0.3 is 5.73 Å². The number of nitrogens with two attached hydrogens (primary N) is 1. The van der Waals surface area contributed by atoms with Gasteiger partial charge in [-0.3, -0.25) is 0 Å². The van der Waals surface area contributed by atoms with Gasteiger partial charge in [0.2, 0.25) is 0 Å². The zero-order chi connectivity index (χ0) is 6.77. The summed E-state index contributed by atoms with van der Waals surface area (Å²) in [7, 11) is 0. The Kier molecular flexibility index (Phi) is 1.53. The van der Waals surface area contributed by atoms with Crippen molar-refractivity contribution in [1.82, 2.24) is 0 Å². The molecule has 3 fully saturated rings. The first kappa shape index (κ1) is 7.88. The van der Waals surface area contributed by atoms with Crippen molar-refractivity contribution in [3.63, 3.8) is 0 Å². The predicted octanol–water partition coefficient (Wildman–Crippen LogP) is 1.95. The maximum absolute atomic E-state index is 6.04. The van der Waals surface area contributed by atoms with E-state index in [-0.39, 0.29) is 12.4 Å². The van der Waals surface area contributed by atoms with Gasteiger partial charge in [-0.15, -0.1) is 12.4 Å². The summed E-state index contributed by atoms with van der Waals surface area (Å²) in [6.45, 7) is 0. The van der Waals surface area contributed by atoms with E-state index in [2.05, 4.69) is 0 Å². The number of halogens is 1. The quantitative estimate of drug-likeness (QED) is 0.596. The van der Waals surface area contributed by atoms with Crippen molar-refractivity contribution in [1.29, 1.82) is 0 Å². The molecule has 0 aromatic carbocycles. The van der Waals surface area contributed by atoms with E-state index in [1.54, 1.807) is 0 Å². The van der Waals surface area contributed by atoms with Gasteiger partial charge in [0.05, 0.1) is 0 Å². The highest BCUT2D eigenvalue weighted by atomic mass is 35.5. The predicted molar refractivity (Wildman–Crippen MR) is 47.7 cm³/mol. The van der Waals surface area contributed by atoms with Gasteiger partial charge in [-0.25, -0.2) is 0 Å². The normalized spacial score (nSPS) is 49.4. The zero-order valence-electron chi connectivity index (χ0n) is 6.75. The van der Waals surface area contributed by atoms with E-state index in [1.807, 2.05) is 0 Å². The van der Waals surface area contributed by atoms with Gasteiger partial charge in [-0.2, -0.15) is 0 Å². The van der Waals surface area contributed by atoms with Crippen LogP contribution in [0.15, 0.2) is 0 Å². The van der Waals surface area contributed by atoms with Crippen molar-refractivity contribution >= 4 is 12.4 Å². The fourth-order valence-electron chi connectivity index (χ4n) is 3.67. The van der Waals surface area contributed by atoms with Crippen LogP contribution in [0.1, 0.15) is 32.1 Å². The topological polar surface area (TPSA) is 26.0 Å². The van der Waals surface area contributed by atoms with E-state index >= 15 is 0 Å². The summed E-state index contributed by atoms with van der Waals surface area (Å²) in [6, 6.07) is 0.584. The molecule has 1 spiro atoms. The maximum atomic E-state index is 6.04. The number of hydrogen-bond donors (Lipinski definition) is 1. The van der Waals surface area contributed by atoms with E-state index in [4.69, 9.17) is 5.73 Å². The van der Waals surface area contributed by atoms with E-state index in [0.29, 0.717) is 6.04 Å². The van der Waals surface area contributed by atoms with Crippen molar-refractivity contribution < 1.29 is 0 Å². The Morgan fingerprint density at radius 2 is 1.91 bits per heavy atom. The van der Waals surface area contributed by atoms with Gasteiger partial charge >= 0.3 is 0 Å². The van der Waals surface area contributed by atoms with Crippen LogP contribution in [0, 0.1) is 17.3 Å². The average molecular weight is 174 g/mol. The van der Waals surface area contributed by atoms with Crippen LogP contribution < -0.4 is 5.73 Å². The Labute approximate surface area is 74.1 Å². The Morgan fingerprint density at radius 1 is 1.18 bits per heavy atom. The third-order valence-electron chi connectivity index (χ3n) is 4.28. The summed E-state index contributed by atoms with van der Waals surface area (Å²) in [4.78, 5) is 0. The van der Waals surface area contributed by atoms with Crippen LogP contribution in [0.25, 0.3) is 0 Å². The molecule has 3 aliphatic rings. The molecule has 0 aromatic rings. The fraction of sp³-hybridized carbons (Fsp3) is 1.00. The fourth-order valence-corrected chi connectivity index (χ4v) is 3.67. The molecule has 0 amide bonds. The summed E-state index contributed by atoms with van der Waals surface area (Å²) in [5.74, 6) is 1.99. The largest absolute Gasteiger partial charge is 0.327 e. The molecule has 2 N–H and O–H groups in total. The van der Waals surface area contributed by atoms with Gasteiger partial charge in [-0.05, 0) is 49.4 Å². The first-order chi connectivity index (χ1) is 4.83. The first-order valence-corrected chi connectivity index (χ1v) is 4.58. The lowest BCUT2D eigenvalue weighted by atomic mass is 9.93. The summed E-state index contributed by atoms with van der Waals surface area (Å²) < 4.78 is 0. The highest BCUT2D eigenvalue weighted by Gasteiger charge is 2.63. The molecule has 3 saturated carbocycles. The third-order valence-corrected chi connectivity index (χ3v) is 4.28. The Hall–Kier alpha value is 0.250. The summed E-state index contributed by atoms with van der Waals surface area (Å²) >= 11 is 0. The molecule has 3 atom stereocenters. The summed E-state index contributed by atoms with van der Waals surface area (Å²) in [5.41, 5.74) is 6.85. The van der Waals surface area contributed by atoms with Crippen molar-refractivity contribution in [3.8, 4) is 0 Å². The van der Waals surface area contributed by atoms with Crippen LogP contribution in [-0.4, -0.2) is 6.04 Å². The molecule has 0 aromatic heterocycles. The van der Waals surface area contributed by atoms with Crippen LogP contribution in [0.2, 0.25) is 0 Å². The second kappa shape index (κ2) is 2.14. The minimum Gasteiger partial charge on any atom is -0.327 e. The molecule has 0 saturated heterocycles. The van der Waals surface area contributed by atoms with E-state index in [1.165, 1.54) is 32.1 Å². The molecule has 0 heterocycles. The van der Waals surface area contributed by atoms with Gasteiger partial charge in [0, 0.05) is 6.04 Å². The van der Waals surface area contributed by atoms with Gasteiger partial charge in [-0.1, -0.05) is 0 Å². The summed E-state index contributed by atoms with van der Waals surface area (Å²) in [6.07, 6.45) is 7.32. The SMILES string of the molecule is Cl.N[C@@H]1C[C@@H]2CC[C@H]1C21CC1. The van der Waals surface area contributed by atoms with Gasteiger partial charge in [0.25, 0.3) is 0 Å². The molecule has 1 nitrogen and oxygen atoms in total. The van der Waals surface area contributed by atoms with Gasteiger partial charge in [0.15, 0.2) is 0 Å². The summed E-state index contributed by atoms with van der Waals surface area (Å²) in [5, 5.41) is 0. The smallest absolute Gasteiger partial charge is 0.00754 e. The van der Waals surface area contributed by atoms with E-state index in [0.717, 1.165) is 17.3 Å². The van der Waals surface area contributed by atoms with Crippen LogP contribution >= 0.6 is 12.4 Å². The molecular formula is C9H16ClN. The molecule has 0 radical (unpaired) electrons. The van der Waals surface area contributed by atoms with Crippen molar-refractivity contribution in [2.75, 3.05) is 0 Å². The number of hydrogen-bond acceptors (Lipinski definition) is 1. The minimum atomic E-state index is 0. The Morgan fingerprint density at radius 3 is 2.18 bits per heavy atom. The van der Waals surface area contributed by atoms with E-state index < -0.39 is 0 Å². The number of rotatable bonds is 0. The standard InChI is InChI=1S/C9H15N.ClH/c10-8-5-6-1-2-7(8)9(6)3-4-9;/h6-8H,1-5,10H2;1H/t6-,7+,8+;/m0./s1. The highest BCUT2D eigenvalue weighted by molar-refractivity contribution is 5.85. The second-order valence-electron chi connectivity index (χ2n) is 4.51. The maximum Gasteiger partial charge on any atom is 0.00754 e. The molecule has 0 aliphatic heterocycles. The third kappa shape index (κ3) is 0.762. The van der Waals surface area contributed by atoms with Crippen LogP contribution in [0.4, 0.5) is 0 Å². The molecule has 2 bridgehead atoms. The van der Waals surface area contributed by atoms with Crippen LogP contribution in [0.5, 0.6) is 0 Å². The molecule has 11 heavy (non-hydrogen) atoms. The molecule has 3 rings (SSSR count). The molecule has 0 unspecified atom stereocenters. The lowest BCUT2D eigenvalue weighted by Gasteiger charge is -2.16. The van der Waals surface area contributed by atoms with Crippen molar-refractivity contribution in [2.45, 2.75) is 38.1 Å². The van der Waals surface area contributed by atoms with Crippen LogP contribution in [-0.2, 0) is 0 Å². The van der Waals surface area contributed by atoms with Crippen LogP contribution in [0.3, 0.4) is 0 Å². The lowest BCUT2D eigenvalue weighted by Crippen LogP contribution is -2.27.